The van der Waals surface area contributed by atoms with Gasteiger partial charge in [0.2, 0.25) is 0 Å². The van der Waals surface area contributed by atoms with Gasteiger partial charge < -0.3 is 19.6 Å². The first-order chi connectivity index (χ1) is 13.5. The van der Waals surface area contributed by atoms with Crippen LogP contribution in [0, 0.1) is 6.92 Å². The third-order valence-electron chi connectivity index (χ3n) is 4.59. The smallest absolute Gasteiger partial charge is 0.346 e. The fourth-order valence-electron chi connectivity index (χ4n) is 3.12. The van der Waals surface area contributed by atoms with Gasteiger partial charge in [-0.25, -0.2) is 4.79 Å². The topological polar surface area (TPSA) is 71.7 Å². The molecule has 140 valence electrons. The molecule has 0 fully saturated rings. The Hall–Kier alpha value is -3.73. The van der Waals surface area contributed by atoms with E-state index in [-0.39, 0.29) is 5.75 Å². The average molecular weight is 373 g/mol. The second kappa shape index (κ2) is 7.12. The molecule has 2 N–H and O–H groups in total. The summed E-state index contributed by atoms with van der Waals surface area (Å²) >= 11 is 0. The van der Waals surface area contributed by atoms with Gasteiger partial charge in [0.1, 0.15) is 17.1 Å². The minimum atomic E-state index is -0.488. The number of phenols is 1. The molecule has 0 amide bonds. The number of aryl methyl sites for hydroxylation is 1. The molecule has 0 spiro atoms. The van der Waals surface area contributed by atoms with E-state index < -0.39 is 5.63 Å². The summed E-state index contributed by atoms with van der Waals surface area (Å²) in [7, 11) is 1.59. The molecule has 0 saturated heterocycles. The number of nitrogens with one attached hydrogen (secondary N) is 1. The van der Waals surface area contributed by atoms with Crippen LogP contribution in [0.3, 0.4) is 0 Å². The SMILES string of the molecule is COc1ccc(-c2c(Nc3ccc(C)cc3)c3ccc(O)cc3oc2=O)cc1. The van der Waals surface area contributed by atoms with Crippen molar-refractivity contribution in [2.45, 2.75) is 6.92 Å². The van der Waals surface area contributed by atoms with Crippen LogP contribution < -0.4 is 15.7 Å². The Morgan fingerprint density at radius 3 is 2.36 bits per heavy atom. The summed E-state index contributed by atoms with van der Waals surface area (Å²) in [4.78, 5) is 12.8. The van der Waals surface area contributed by atoms with Gasteiger partial charge in [-0.1, -0.05) is 29.8 Å². The van der Waals surface area contributed by atoms with Crippen molar-refractivity contribution in [3.05, 3.63) is 82.7 Å². The number of ether oxygens (including phenoxy) is 1. The molecule has 3 aromatic carbocycles. The molecule has 4 aromatic rings. The van der Waals surface area contributed by atoms with Gasteiger partial charge in [-0.2, -0.15) is 0 Å². The summed E-state index contributed by atoms with van der Waals surface area (Å²) in [6, 6.07) is 19.9. The first-order valence-corrected chi connectivity index (χ1v) is 8.83. The molecule has 0 bridgehead atoms. The van der Waals surface area contributed by atoms with E-state index in [2.05, 4.69) is 5.32 Å². The number of fused-ring (bicyclic) bond motifs is 1. The van der Waals surface area contributed by atoms with Gasteiger partial charge in [0, 0.05) is 17.1 Å². The third-order valence-corrected chi connectivity index (χ3v) is 4.59. The van der Waals surface area contributed by atoms with E-state index in [1.54, 1.807) is 31.4 Å². The van der Waals surface area contributed by atoms with Crippen LogP contribution in [0.2, 0.25) is 0 Å². The summed E-state index contributed by atoms with van der Waals surface area (Å²) < 4.78 is 10.7. The fraction of sp³-hybridized carbons (Fsp3) is 0.0870. The molecule has 4 rings (SSSR count). The summed E-state index contributed by atoms with van der Waals surface area (Å²) in [5.74, 6) is 0.737. The molecule has 5 nitrogen and oxygen atoms in total. The van der Waals surface area contributed by atoms with Crippen LogP contribution in [0.1, 0.15) is 5.56 Å². The second-order valence-corrected chi connectivity index (χ2v) is 6.54. The van der Waals surface area contributed by atoms with Crippen LogP contribution >= 0.6 is 0 Å². The molecule has 0 saturated carbocycles. The van der Waals surface area contributed by atoms with Crippen molar-refractivity contribution in [3.63, 3.8) is 0 Å². The highest BCUT2D eigenvalue weighted by Gasteiger charge is 2.17. The molecule has 0 aliphatic rings. The molecule has 0 atom stereocenters. The molecule has 0 aliphatic heterocycles. The Bertz CT molecular complexity index is 1190. The summed E-state index contributed by atoms with van der Waals surface area (Å²) in [5, 5.41) is 13.8. The van der Waals surface area contributed by atoms with E-state index in [1.165, 1.54) is 6.07 Å². The molecule has 28 heavy (non-hydrogen) atoms. The number of benzene rings is 3. The summed E-state index contributed by atoms with van der Waals surface area (Å²) in [6.07, 6.45) is 0. The highest BCUT2D eigenvalue weighted by molar-refractivity contribution is 6.00. The van der Waals surface area contributed by atoms with Gasteiger partial charge in [-0.3, -0.25) is 0 Å². The van der Waals surface area contributed by atoms with Crippen LogP contribution in [0.15, 0.2) is 75.9 Å². The zero-order valence-electron chi connectivity index (χ0n) is 15.5. The molecule has 1 heterocycles. The van der Waals surface area contributed by atoms with E-state index in [1.807, 2.05) is 43.3 Å². The highest BCUT2D eigenvalue weighted by Crippen LogP contribution is 2.36. The molecule has 5 heteroatoms. The second-order valence-electron chi connectivity index (χ2n) is 6.54. The lowest BCUT2D eigenvalue weighted by Crippen LogP contribution is -2.08. The van der Waals surface area contributed by atoms with E-state index >= 15 is 0 Å². The van der Waals surface area contributed by atoms with Gasteiger partial charge in [0.25, 0.3) is 0 Å². The fourth-order valence-corrected chi connectivity index (χ4v) is 3.12. The lowest BCUT2D eigenvalue weighted by molar-refractivity contribution is 0.415. The lowest BCUT2D eigenvalue weighted by atomic mass is 10.0. The molecule has 0 unspecified atom stereocenters. The van der Waals surface area contributed by atoms with Crippen molar-refractivity contribution in [2.75, 3.05) is 12.4 Å². The van der Waals surface area contributed by atoms with E-state index in [0.717, 1.165) is 11.3 Å². The van der Waals surface area contributed by atoms with Crippen LogP contribution in [-0.2, 0) is 0 Å². The number of rotatable bonds is 4. The Morgan fingerprint density at radius 1 is 0.964 bits per heavy atom. The molecule has 0 aliphatic carbocycles. The molecule has 1 aromatic heterocycles. The van der Waals surface area contributed by atoms with Crippen LogP contribution in [0.5, 0.6) is 11.5 Å². The van der Waals surface area contributed by atoms with Crippen molar-refractivity contribution in [3.8, 4) is 22.6 Å². The molecular weight excluding hydrogens is 354 g/mol. The zero-order valence-corrected chi connectivity index (χ0v) is 15.5. The Kier molecular flexibility index (Phi) is 4.49. The third kappa shape index (κ3) is 3.30. The van der Waals surface area contributed by atoms with Gasteiger partial charge in [-0.15, -0.1) is 0 Å². The normalized spacial score (nSPS) is 10.8. The van der Waals surface area contributed by atoms with Gasteiger partial charge in [-0.05, 0) is 48.9 Å². The van der Waals surface area contributed by atoms with E-state index in [0.29, 0.717) is 33.5 Å². The monoisotopic (exact) mass is 373 g/mol. The molecule has 0 radical (unpaired) electrons. The maximum atomic E-state index is 12.8. The van der Waals surface area contributed by atoms with E-state index in [9.17, 15) is 9.90 Å². The number of anilines is 2. The largest absolute Gasteiger partial charge is 0.508 e. The number of methoxy groups -OCH3 is 1. The minimum absolute atomic E-state index is 0.0362. The van der Waals surface area contributed by atoms with Crippen molar-refractivity contribution in [1.29, 1.82) is 0 Å². The predicted molar refractivity (Wildman–Crippen MR) is 111 cm³/mol. The van der Waals surface area contributed by atoms with Crippen LogP contribution in [-0.4, -0.2) is 12.2 Å². The Labute approximate surface area is 161 Å². The van der Waals surface area contributed by atoms with Gasteiger partial charge in [0.05, 0.1) is 18.4 Å². The number of hydrogen-bond donors (Lipinski definition) is 2. The number of hydrogen-bond acceptors (Lipinski definition) is 5. The van der Waals surface area contributed by atoms with Gasteiger partial charge >= 0.3 is 5.63 Å². The number of aromatic hydroxyl groups is 1. The minimum Gasteiger partial charge on any atom is -0.508 e. The maximum Gasteiger partial charge on any atom is 0.346 e. The van der Waals surface area contributed by atoms with Crippen molar-refractivity contribution < 1.29 is 14.3 Å². The highest BCUT2D eigenvalue weighted by atomic mass is 16.5. The first kappa shape index (κ1) is 17.7. The lowest BCUT2D eigenvalue weighted by Gasteiger charge is -2.15. The summed E-state index contributed by atoms with van der Waals surface area (Å²) in [6.45, 7) is 2.02. The van der Waals surface area contributed by atoms with Crippen molar-refractivity contribution >= 4 is 22.3 Å². The van der Waals surface area contributed by atoms with E-state index in [4.69, 9.17) is 9.15 Å². The van der Waals surface area contributed by atoms with Crippen LogP contribution in [0.25, 0.3) is 22.1 Å². The maximum absolute atomic E-state index is 12.8. The standard InChI is InChI=1S/C23H19NO4/c1-14-3-7-16(8-4-14)24-22-19-12-9-17(25)13-20(19)28-23(26)21(22)15-5-10-18(27-2)11-6-15/h3-13,24-25H,1-2H3. The number of phenolic OH excluding ortho intramolecular Hbond substituents is 1. The Morgan fingerprint density at radius 2 is 1.68 bits per heavy atom. The van der Waals surface area contributed by atoms with Crippen molar-refractivity contribution in [2.24, 2.45) is 0 Å². The van der Waals surface area contributed by atoms with Gasteiger partial charge in [0.15, 0.2) is 0 Å². The summed E-state index contributed by atoms with van der Waals surface area (Å²) in [5.41, 5.74) is 3.57. The van der Waals surface area contributed by atoms with Crippen LogP contribution in [0.4, 0.5) is 11.4 Å². The average Bonchev–Trinajstić information content (AvgIpc) is 2.69. The quantitative estimate of drug-likeness (QED) is 0.480. The Balaban J connectivity index is 1.96. The first-order valence-electron chi connectivity index (χ1n) is 8.83. The molecular formula is C23H19NO4. The van der Waals surface area contributed by atoms with Crippen molar-refractivity contribution in [1.82, 2.24) is 0 Å². The predicted octanol–water partition coefficient (Wildman–Crippen LogP) is 5.23. The zero-order chi connectivity index (χ0) is 19.7.